The minimum absolute atomic E-state index is 0. The Hall–Kier alpha value is -1.67. The smallest absolute Gasteiger partial charge is 0.545 e. The first-order chi connectivity index (χ1) is 8.77. The van der Waals surface area contributed by atoms with Gasteiger partial charge >= 0.3 is 21.1 Å². The van der Waals surface area contributed by atoms with Gasteiger partial charge in [0.05, 0.1) is 11.6 Å². The average molecular weight is 441 g/mol. The molecule has 0 radical (unpaired) electrons. The monoisotopic (exact) mass is 441 g/mol. The van der Waals surface area contributed by atoms with Crippen molar-refractivity contribution < 1.29 is 39.4 Å². The Morgan fingerprint density at radius 3 is 2.00 bits per heavy atom. The van der Waals surface area contributed by atoms with Gasteiger partial charge in [0, 0.05) is 0 Å². The van der Waals surface area contributed by atoms with Gasteiger partial charge in [-0.15, -0.1) is 18.2 Å². The van der Waals surface area contributed by atoms with E-state index in [0.29, 0.717) is 11.1 Å². The molecule has 5 heteroatoms. The van der Waals surface area contributed by atoms with Crippen LogP contribution in [0.3, 0.4) is 0 Å². The molecule has 0 atom stereocenters. The molecule has 0 aliphatic carbocycles. The third-order valence-corrected chi connectivity index (χ3v) is 1.85. The predicted octanol–water partition coefficient (Wildman–Crippen LogP) is 2.68. The summed E-state index contributed by atoms with van der Waals surface area (Å²) in [7, 11) is 0. The first kappa shape index (κ1) is 19.7. The summed E-state index contributed by atoms with van der Waals surface area (Å²) in [5, 5.41) is 0. The molecule has 2 nitrogen and oxygen atoms in total. The fourth-order valence-corrected chi connectivity index (χ4v) is 1.16. The van der Waals surface area contributed by atoms with Crippen molar-refractivity contribution in [2.75, 3.05) is 0 Å². The Labute approximate surface area is 124 Å². The fourth-order valence-electron chi connectivity index (χ4n) is 1.16. The van der Waals surface area contributed by atoms with Crippen LogP contribution in [0.1, 0.15) is 0 Å². The summed E-state index contributed by atoms with van der Waals surface area (Å²) in [6.45, 7) is 6.50. The molecular weight excluding hydrogens is 433 g/mol. The van der Waals surface area contributed by atoms with Crippen LogP contribution in [0.5, 0.6) is 0 Å². The summed E-state index contributed by atoms with van der Waals surface area (Å²) < 4.78 is 25.5. The molecule has 0 bridgehead atoms. The van der Waals surface area contributed by atoms with Gasteiger partial charge in [-0.2, -0.15) is 30.3 Å². The Morgan fingerprint density at radius 1 is 0.895 bits per heavy atom. The number of carbonyl (C=O) groups excluding carboxylic acids is 2. The zero-order chi connectivity index (χ0) is 14.0. The maximum absolute atomic E-state index is 12.9. The molecule has 0 amide bonds. The largest absolute Gasteiger partial charge is 4.00 e. The van der Waals surface area contributed by atoms with Crippen molar-refractivity contribution in [2.45, 2.75) is 0 Å². The molecule has 2 aromatic carbocycles. The Balaban J connectivity index is 0. The second-order valence-corrected chi connectivity index (χ2v) is 2.82. The summed E-state index contributed by atoms with van der Waals surface area (Å²) in [5.74, 6) is -1.75. The number of halogens is 2. The van der Waals surface area contributed by atoms with Gasteiger partial charge in [0.2, 0.25) is 0 Å². The van der Waals surface area contributed by atoms with Gasteiger partial charge in [0.25, 0.3) is 0 Å². The van der Waals surface area contributed by atoms with Gasteiger partial charge in [0.15, 0.2) is 0 Å². The second-order valence-electron chi connectivity index (χ2n) is 2.82. The van der Waals surface area contributed by atoms with E-state index in [1.165, 1.54) is 0 Å². The molecule has 0 saturated heterocycles. The molecule has 0 spiro atoms. The summed E-state index contributed by atoms with van der Waals surface area (Å²) >= 11 is 0. The quantitative estimate of drug-likeness (QED) is 0.504. The first-order valence-electron chi connectivity index (χ1n) is 4.58. The van der Waals surface area contributed by atoms with Crippen molar-refractivity contribution in [3.05, 3.63) is 60.2 Å². The molecule has 100 valence electrons. The van der Waals surface area contributed by atoms with Gasteiger partial charge in [-0.1, -0.05) is 0 Å². The number of hydrogen-bond donors (Lipinski definition) is 0. The van der Waals surface area contributed by atoms with Crippen molar-refractivity contribution in [2.24, 2.45) is 0 Å². The van der Waals surface area contributed by atoms with Crippen LogP contribution in [0.2, 0.25) is 0 Å². The zero-order valence-electron chi connectivity index (χ0n) is 9.51. The summed E-state index contributed by atoms with van der Waals surface area (Å²) in [6, 6.07) is 14.8. The van der Waals surface area contributed by atoms with Crippen LogP contribution in [-0.4, -0.2) is 13.6 Å². The number of hydrogen-bond acceptors (Lipinski definition) is 2. The van der Waals surface area contributed by atoms with E-state index < -0.39 is 11.6 Å². The first-order valence-corrected chi connectivity index (χ1v) is 4.58. The van der Waals surface area contributed by atoms with E-state index in [9.17, 15) is 8.78 Å². The van der Waals surface area contributed by atoms with E-state index in [-0.39, 0.29) is 21.1 Å². The average Bonchev–Trinajstić information content (AvgIpc) is 2.47. The third-order valence-electron chi connectivity index (χ3n) is 1.85. The molecule has 0 heterocycles. The van der Waals surface area contributed by atoms with Crippen LogP contribution >= 0.6 is 0 Å². The molecular formula is C14H8F2O2Pt. The van der Waals surface area contributed by atoms with E-state index >= 15 is 0 Å². The van der Waals surface area contributed by atoms with Crippen molar-refractivity contribution >= 4 is 13.6 Å². The zero-order valence-corrected chi connectivity index (χ0v) is 11.8. The van der Waals surface area contributed by atoms with Crippen molar-refractivity contribution in [1.82, 2.24) is 0 Å². The normalized spacial score (nSPS) is 7.89. The summed E-state index contributed by atoms with van der Waals surface area (Å²) in [6.07, 6.45) is 0. The van der Waals surface area contributed by atoms with Gasteiger partial charge in [-0.05, 0) is 0 Å². The number of rotatable bonds is 1. The minimum atomic E-state index is -0.885. The van der Waals surface area contributed by atoms with Gasteiger partial charge in [-0.25, -0.2) is 15.5 Å². The van der Waals surface area contributed by atoms with Crippen molar-refractivity contribution in [1.29, 1.82) is 0 Å². The van der Waals surface area contributed by atoms with Crippen LogP contribution in [0.4, 0.5) is 8.78 Å². The van der Waals surface area contributed by atoms with Gasteiger partial charge in [-0.3, -0.25) is 18.0 Å². The van der Waals surface area contributed by atoms with Crippen LogP contribution < -0.4 is 0 Å². The van der Waals surface area contributed by atoms with Crippen LogP contribution in [0.25, 0.3) is 11.1 Å². The van der Waals surface area contributed by atoms with E-state index in [1.807, 2.05) is 6.07 Å². The molecule has 0 N–H and O–H groups in total. The maximum atomic E-state index is 12.9. The van der Waals surface area contributed by atoms with Crippen LogP contribution in [0, 0.1) is 23.8 Å². The molecule has 0 aliphatic rings. The Kier molecular flexibility index (Phi) is 11.8. The fraction of sp³-hybridized carbons (Fsp3) is 0. The van der Waals surface area contributed by atoms with Crippen LogP contribution in [-0.2, 0) is 30.7 Å². The summed E-state index contributed by atoms with van der Waals surface area (Å²) in [5.41, 5.74) is 1.20. The topological polar surface area (TPSA) is 34.1 Å². The minimum Gasteiger partial charge on any atom is -0.545 e. The Morgan fingerprint density at radius 2 is 1.53 bits per heavy atom. The van der Waals surface area contributed by atoms with E-state index in [4.69, 9.17) is 9.59 Å². The SMILES string of the molecule is Fc1c[c-]c(-c2[c-]cccc2)cc1F.[CH-]=O.[CH-]=O.[Pt+4]. The molecule has 0 fully saturated rings. The molecule has 2 rings (SSSR count). The van der Waals surface area contributed by atoms with E-state index in [0.717, 1.165) is 12.1 Å². The molecule has 19 heavy (non-hydrogen) atoms. The van der Waals surface area contributed by atoms with Crippen molar-refractivity contribution in [3.8, 4) is 11.1 Å². The van der Waals surface area contributed by atoms with E-state index in [1.54, 1.807) is 18.2 Å². The van der Waals surface area contributed by atoms with Crippen LogP contribution in [0.15, 0.2) is 36.4 Å². The molecule has 0 aliphatic heterocycles. The standard InChI is InChI=1S/C12H6F2.2CHO.Pt/c13-11-7-6-10(8-12(11)14)9-4-2-1-3-5-9;2*1-2;/h1-4,7-8H;2*1H;/q-2;2*-1;+4. The van der Waals surface area contributed by atoms with E-state index in [2.05, 4.69) is 25.7 Å². The number of benzene rings is 2. The summed E-state index contributed by atoms with van der Waals surface area (Å²) in [4.78, 5) is 15.5. The molecule has 0 saturated carbocycles. The van der Waals surface area contributed by atoms with Gasteiger partial charge < -0.3 is 9.59 Å². The molecule has 0 aromatic heterocycles. The predicted molar refractivity (Wildman–Crippen MR) is 63.0 cm³/mol. The van der Waals surface area contributed by atoms with Gasteiger partial charge in [0.1, 0.15) is 0 Å². The molecule has 2 aromatic rings. The maximum Gasteiger partial charge on any atom is 4.00 e. The van der Waals surface area contributed by atoms with Crippen molar-refractivity contribution in [3.63, 3.8) is 0 Å². The Bertz CT molecular complexity index is 476. The second kappa shape index (κ2) is 11.4. The molecule has 0 unspecified atom stereocenters. The third kappa shape index (κ3) is 6.16.